The molecule has 1 N–H and O–H groups in total. The number of halogens is 1. The molecule has 1 saturated heterocycles. The summed E-state index contributed by atoms with van der Waals surface area (Å²) < 4.78 is 8.13. The van der Waals surface area contributed by atoms with Crippen LogP contribution >= 0.6 is 11.6 Å². The molecule has 1 atom stereocenters. The van der Waals surface area contributed by atoms with Crippen LogP contribution in [0.15, 0.2) is 48.5 Å². The van der Waals surface area contributed by atoms with E-state index in [9.17, 15) is 9.59 Å². The number of nitrogens with one attached hydrogen (secondary N) is 1. The standard InChI is InChI=1S/C25H26ClN5O3/c1-17-3-2-4-19(11-17)24(33)27-13-21-22-14-34-25(16-31(22)29-28-21)9-10-30(15-25)23(32)12-18-5-7-20(26)8-6-18/h2-8,11H,9-10,12-16H2,1H3,(H,27,33). The summed E-state index contributed by atoms with van der Waals surface area (Å²) in [4.78, 5) is 27.2. The summed E-state index contributed by atoms with van der Waals surface area (Å²) in [6.07, 6.45) is 1.09. The van der Waals surface area contributed by atoms with Gasteiger partial charge in [0.25, 0.3) is 5.91 Å². The van der Waals surface area contributed by atoms with E-state index < -0.39 is 5.60 Å². The quantitative estimate of drug-likeness (QED) is 0.607. The minimum Gasteiger partial charge on any atom is -0.365 e. The molecule has 2 aliphatic rings. The molecule has 2 amide bonds. The number of fused-ring (bicyclic) bond motifs is 1. The molecule has 1 spiro atoms. The second-order valence-corrected chi connectivity index (χ2v) is 9.47. The lowest BCUT2D eigenvalue weighted by Crippen LogP contribution is -2.45. The number of hydrogen-bond donors (Lipinski definition) is 1. The highest BCUT2D eigenvalue weighted by atomic mass is 35.5. The van der Waals surface area contributed by atoms with Gasteiger partial charge in [-0.15, -0.1) is 5.10 Å². The average Bonchev–Trinajstić information content (AvgIpc) is 3.43. The molecule has 176 valence electrons. The van der Waals surface area contributed by atoms with Crippen LogP contribution in [-0.2, 0) is 35.6 Å². The Morgan fingerprint density at radius 1 is 1.18 bits per heavy atom. The molecule has 0 saturated carbocycles. The minimum absolute atomic E-state index is 0.0757. The highest BCUT2D eigenvalue weighted by molar-refractivity contribution is 6.30. The van der Waals surface area contributed by atoms with Gasteiger partial charge in [0.15, 0.2) is 0 Å². The predicted octanol–water partition coefficient (Wildman–Crippen LogP) is 2.91. The Labute approximate surface area is 202 Å². The summed E-state index contributed by atoms with van der Waals surface area (Å²) in [7, 11) is 0. The Hall–Kier alpha value is -3.23. The number of amides is 2. The van der Waals surface area contributed by atoms with Crippen molar-refractivity contribution in [2.45, 2.75) is 45.1 Å². The zero-order valence-corrected chi connectivity index (χ0v) is 19.7. The summed E-state index contributed by atoms with van der Waals surface area (Å²) in [5, 5.41) is 12.2. The molecule has 9 heteroatoms. The van der Waals surface area contributed by atoms with Crippen molar-refractivity contribution in [2.24, 2.45) is 0 Å². The Kier molecular flexibility index (Phi) is 6.10. The van der Waals surface area contributed by atoms with Crippen LogP contribution in [0.4, 0.5) is 0 Å². The Bertz CT molecular complexity index is 1230. The largest absolute Gasteiger partial charge is 0.365 e. The van der Waals surface area contributed by atoms with Crippen LogP contribution in [0.1, 0.15) is 39.3 Å². The molecule has 2 aliphatic heterocycles. The van der Waals surface area contributed by atoms with E-state index in [-0.39, 0.29) is 18.4 Å². The smallest absolute Gasteiger partial charge is 0.251 e. The number of aryl methyl sites for hydroxylation is 1. The van der Waals surface area contributed by atoms with E-state index >= 15 is 0 Å². The van der Waals surface area contributed by atoms with E-state index in [2.05, 4.69) is 15.6 Å². The first-order valence-electron chi connectivity index (χ1n) is 11.3. The van der Waals surface area contributed by atoms with Crippen LogP contribution < -0.4 is 5.32 Å². The van der Waals surface area contributed by atoms with Gasteiger partial charge in [0.05, 0.1) is 38.4 Å². The van der Waals surface area contributed by atoms with E-state index in [0.29, 0.717) is 48.9 Å². The molecular weight excluding hydrogens is 454 g/mol. The highest BCUT2D eigenvalue weighted by Crippen LogP contribution is 2.33. The van der Waals surface area contributed by atoms with Crippen molar-refractivity contribution in [2.75, 3.05) is 13.1 Å². The number of carbonyl (C=O) groups excluding carboxylic acids is 2. The Balaban J connectivity index is 1.19. The van der Waals surface area contributed by atoms with Gasteiger partial charge in [-0.1, -0.05) is 46.6 Å². The molecule has 34 heavy (non-hydrogen) atoms. The van der Waals surface area contributed by atoms with Crippen LogP contribution in [0.5, 0.6) is 0 Å². The summed E-state index contributed by atoms with van der Waals surface area (Å²) in [5.74, 6) is -0.0731. The summed E-state index contributed by atoms with van der Waals surface area (Å²) in [5.41, 5.74) is 3.69. The maximum Gasteiger partial charge on any atom is 0.251 e. The number of benzene rings is 2. The van der Waals surface area contributed by atoms with Crippen LogP contribution in [0.3, 0.4) is 0 Å². The Morgan fingerprint density at radius 3 is 2.79 bits per heavy atom. The Morgan fingerprint density at radius 2 is 2.00 bits per heavy atom. The van der Waals surface area contributed by atoms with Crippen LogP contribution in [0.25, 0.3) is 0 Å². The molecule has 3 aromatic rings. The van der Waals surface area contributed by atoms with Crippen molar-refractivity contribution in [1.82, 2.24) is 25.2 Å². The third-order valence-corrected chi connectivity index (χ3v) is 6.76. The van der Waals surface area contributed by atoms with Gasteiger partial charge in [-0.05, 0) is 43.2 Å². The topological polar surface area (TPSA) is 89.3 Å². The van der Waals surface area contributed by atoms with Crippen molar-refractivity contribution in [1.29, 1.82) is 0 Å². The maximum absolute atomic E-state index is 12.8. The fourth-order valence-corrected chi connectivity index (χ4v) is 4.70. The number of nitrogens with zero attached hydrogens (tertiary/aromatic N) is 4. The number of carbonyl (C=O) groups is 2. The summed E-state index contributed by atoms with van der Waals surface area (Å²) >= 11 is 5.94. The number of rotatable bonds is 5. The van der Waals surface area contributed by atoms with E-state index in [4.69, 9.17) is 16.3 Å². The normalized spacial score (nSPS) is 19.3. The average molecular weight is 480 g/mol. The minimum atomic E-state index is -0.460. The second-order valence-electron chi connectivity index (χ2n) is 9.03. The molecule has 0 bridgehead atoms. The number of ether oxygens (including phenoxy) is 1. The zero-order valence-electron chi connectivity index (χ0n) is 19.0. The van der Waals surface area contributed by atoms with Gasteiger partial charge < -0.3 is 15.0 Å². The monoisotopic (exact) mass is 479 g/mol. The zero-order chi connectivity index (χ0) is 23.7. The van der Waals surface area contributed by atoms with E-state index in [0.717, 1.165) is 23.2 Å². The van der Waals surface area contributed by atoms with Crippen molar-refractivity contribution in [3.05, 3.63) is 81.6 Å². The van der Waals surface area contributed by atoms with Crippen molar-refractivity contribution in [3.63, 3.8) is 0 Å². The summed E-state index contributed by atoms with van der Waals surface area (Å²) in [6, 6.07) is 14.8. The lowest BCUT2D eigenvalue weighted by atomic mass is 10.0. The fourth-order valence-electron chi connectivity index (χ4n) is 4.58. The molecule has 2 aromatic carbocycles. The molecule has 3 heterocycles. The SMILES string of the molecule is Cc1cccc(C(=O)NCc2nnn3c2COC2(CCN(C(=O)Cc4ccc(Cl)cc4)C2)C3)c1. The van der Waals surface area contributed by atoms with Crippen molar-refractivity contribution in [3.8, 4) is 0 Å². The van der Waals surface area contributed by atoms with Crippen LogP contribution in [-0.4, -0.2) is 50.4 Å². The molecule has 0 radical (unpaired) electrons. The third-order valence-electron chi connectivity index (χ3n) is 6.51. The van der Waals surface area contributed by atoms with Gasteiger partial charge in [0, 0.05) is 17.1 Å². The van der Waals surface area contributed by atoms with Crippen LogP contribution in [0.2, 0.25) is 5.02 Å². The van der Waals surface area contributed by atoms with Gasteiger partial charge in [-0.2, -0.15) is 0 Å². The second kappa shape index (κ2) is 9.19. The van der Waals surface area contributed by atoms with E-state index in [1.165, 1.54) is 0 Å². The molecule has 5 rings (SSSR count). The third kappa shape index (κ3) is 4.69. The van der Waals surface area contributed by atoms with E-state index in [1.807, 2.05) is 46.8 Å². The van der Waals surface area contributed by atoms with Gasteiger partial charge in [0.1, 0.15) is 11.3 Å². The first-order chi connectivity index (χ1) is 16.4. The van der Waals surface area contributed by atoms with Gasteiger partial charge in [0.2, 0.25) is 5.91 Å². The molecule has 0 aliphatic carbocycles. The van der Waals surface area contributed by atoms with Crippen molar-refractivity contribution >= 4 is 23.4 Å². The van der Waals surface area contributed by atoms with E-state index in [1.54, 1.807) is 18.2 Å². The molecule has 8 nitrogen and oxygen atoms in total. The lowest BCUT2D eigenvalue weighted by Gasteiger charge is -2.34. The number of aromatic nitrogens is 3. The predicted molar refractivity (Wildman–Crippen MR) is 126 cm³/mol. The van der Waals surface area contributed by atoms with Gasteiger partial charge in [-0.25, -0.2) is 4.68 Å². The van der Waals surface area contributed by atoms with Gasteiger partial charge >= 0.3 is 0 Å². The maximum atomic E-state index is 12.8. The molecular formula is C25H26ClN5O3. The lowest BCUT2D eigenvalue weighted by molar-refractivity contribution is -0.132. The molecule has 1 aromatic heterocycles. The molecule has 1 fully saturated rings. The first-order valence-corrected chi connectivity index (χ1v) is 11.7. The van der Waals surface area contributed by atoms with Crippen LogP contribution in [0, 0.1) is 6.92 Å². The summed E-state index contributed by atoms with van der Waals surface area (Å²) in [6.45, 7) is 4.29. The van der Waals surface area contributed by atoms with Crippen molar-refractivity contribution < 1.29 is 14.3 Å². The number of hydrogen-bond acceptors (Lipinski definition) is 5. The molecule has 1 unspecified atom stereocenters. The highest BCUT2D eigenvalue weighted by Gasteiger charge is 2.44. The first kappa shape index (κ1) is 22.6. The number of likely N-dealkylation sites (tertiary alicyclic amines) is 1. The van der Waals surface area contributed by atoms with Gasteiger partial charge in [-0.3, -0.25) is 9.59 Å². The fraction of sp³-hybridized carbons (Fsp3) is 0.360.